The van der Waals surface area contributed by atoms with E-state index in [1.165, 1.54) is 0 Å². The van der Waals surface area contributed by atoms with E-state index >= 15 is 0 Å². The molecule has 1 aliphatic rings. The van der Waals surface area contributed by atoms with Crippen LogP contribution < -0.4 is 0 Å². The van der Waals surface area contributed by atoms with Crippen LogP contribution in [0.1, 0.15) is 13.3 Å². The average Bonchev–Trinajstić information content (AvgIpc) is 1.83. The molecule has 0 aromatic carbocycles. The lowest BCUT2D eigenvalue weighted by Gasteiger charge is -2.11. The monoisotopic (exact) mass is 163 g/mol. The Balaban J connectivity index is 2.83. The highest BCUT2D eigenvalue weighted by molar-refractivity contribution is 6.32. The number of rotatable bonds is 0. The van der Waals surface area contributed by atoms with Crippen molar-refractivity contribution < 1.29 is 0 Å². The molecule has 0 aliphatic carbocycles. The molecule has 0 N–H and O–H groups in total. The summed E-state index contributed by atoms with van der Waals surface area (Å²) in [6, 6.07) is 0. The fourth-order valence-corrected chi connectivity index (χ4v) is 1.07. The summed E-state index contributed by atoms with van der Waals surface area (Å²) in [6.07, 6.45) is 2.54. The van der Waals surface area contributed by atoms with Crippen molar-refractivity contribution in [3.63, 3.8) is 0 Å². The molecule has 1 nitrogen and oxygen atoms in total. The van der Waals surface area contributed by atoms with Crippen LogP contribution in [0.15, 0.2) is 15.7 Å². The third kappa shape index (κ3) is 1.46. The summed E-state index contributed by atoms with van der Waals surface area (Å²) < 4.78 is 0. The molecule has 0 radical (unpaired) electrons. The second kappa shape index (κ2) is 2.72. The molecule has 3 heteroatoms. The molecule has 0 bridgehead atoms. The van der Waals surface area contributed by atoms with Crippen LogP contribution in [0.2, 0.25) is 0 Å². The molecule has 0 saturated carbocycles. The van der Waals surface area contributed by atoms with Crippen LogP contribution >= 0.6 is 23.2 Å². The van der Waals surface area contributed by atoms with Gasteiger partial charge >= 0.3 is 0 Å². The number of aliphatic imine (C=N–C) groups is 1. The van der Waals surface area contributed by atoms with Crippen molar-refractivity contribution in [2.75, 3.05) is 0 Å². The first-order chi connectivity index (χ1) is 4.22. The van der Waals surface area contributed by atoms with Gasteiger partial charge in [0.2, 0.25) is 0 Å². The molecular formula is C6H7Cl2N. The fraction of sp³-hybridized carbons (Fsp3) is 0.500. The number of allylic oxidation sites excluding steroid dienone is 1. The molecule has 1 aliphatic heterocycles. The SMILES string of the molecule is CC1=C(Cl)N=CCC1Cl. The van der Waals surface area contributed by atoms with Crippen molar-refractivity contribution in [2.45, 2.75) is 18.7 Å². The second-order valence-electron chi connectivity index (χ2n) is 1.99. The van der Waals surface area contributed by atoms with Gasteiger partial charge in [0.25, 0.3) is 0 Å². The van der Waals surface area contributed by atoms with Crippen molar-refractivity contribution in [2.24, 2.45) is 4.99 Å². The standard InChI is InChI=1S/C6H7Cl2N/c1-4-5(7)2-3-9-6(4)8/h3,5H,2H2,1H3. The predicted octanol–water partition coefficient (Wildman–Crippen LogP) is 2.54. The van der Waals surface area contributed by atoms with E-state index in [-0.39, 0.29) is 5.38 Å². The van der Waals surface area contributed by atoms with E-state index in [1.807, 2.05) is 6.92 Å². The molecule has 1 heterocycles. The molecule has 0 aromatic heterocycles. The van der Waals surface area contributed by atoms with E-state index < -0.39 is 0 Å². The van der Waals surface area contributed by atoms with Crippen molar-refractivity contribution in [3.05, 3.63) is 10.7 Å². The van der Waals surface area contributed by atoms with Gasteiger partial charge in [0, 0.05) is 12.6 Å². The summed E-state index contributed by atoms with van der Waals surface area (Å²) in [7, 11) is 0. The van der Waals surface area contributed by atoms with E-state index in [0.29, 0.717) is 5.16 Å². The zero-order chi connectivity index (χ0) is 6.85. The molecule has 1 unspecified atom stereocenters. The van der Waals surface area contributed by atoms with Gasteiger partial charge in [-0.1, -0.05) is 11.6 Å². The van der Waals surface area contributed by atoms with Crippen molar-refractivity contribution >= 4 is 29.4 Å². The summed E-state index contributed by atoms with van der Waals surface area (Å²) in [4.78, 5) is 3.90. The summed E-state index contributed by atoms with van der Waals surface area (Å²) in [5, 5.41) is 0.594. The number of hydrogen-bond donors (Lipinski definition) is 0. The first-order valence-electron chi connectivity index (χ1n) is 2.74. The lowest BCUT2D eigenvalue weighted by Crippen LogP contribution is -2.06. The fourth-order valence-electron chi connectivity index (χ4n) is 0.633. The summed E-state index contributed by atoms with van der Waals surface area (Å²) in [5.41, 5.74) is 0.973. The van der Waals surface area contributed by atoms with Crippen LogP contribution in [0, 0.1) is 0 Å². The van der Waals surface area contributed by atoms with Gasteiger partial charge in [0.15, 0.2) is 0 Å². The molecule has 0 saturated heterocycles. The van der Waals surface area contributed by atoms with E-state index in [2.05, 4.69) is 4.99 Å². The van der Waals surface area contributed by atoms with E-state index in [0.717, 1.165) is 12.0 Å². The predicted molar refractivity (Wildman–Crippen MR) is 41.3 cm³/mol. The summed E-state index contributed by atoms with van der Waals surface area (Å²) in [5.74, 6) is 0. The quantitative estimate of drug-likeness (QED) is 0.385. The van der Waals surface area contributed by atoms with Crippen LogP contribution in [0.4, 0.5) is 0 Å². The lowest BCUT2D eigenvalue weighted by molar-refractivity contribution is 0.993. The molecule has 1 atom stereocenters. The van der Waals surface area contributed by atoms with Gasteiger partial charge in [-0.05, 0) is 12.5 Å². The molecule has 1 rings (SSSR count). The molecule has 50 valence electrons. The Kier molecular flexibility index (Phi) is 2.14. The zero-order valence-electron chi connectivity index (χ0n) is 5.06. The number of halogens is 2. The van der Waals surface area contributed by atoms with Crippen molar-refractivity contribution in [3.8, 4) is 0 Å². The van der Waals surface area contributed by atoms with E-state index in [4.69, 9.17) is 23.2 Å². The Bertz CT molecular complexity index is 172. The Morgan fingerprint density at radius 1 is 1.78 bits per heavy atom. The minimum Gasteiger partial charge on any atom is -0.249 e. The first kappa shape index (κ1) is 7.10. The van der Waals surface area contributed by atoms with Gasteiger partial charge in [-0.15, -0.1) is 11.6 Å². The number of alkyl halides is 1. The Hall–Kier alpha value is -0.0100. The zero-order valence-corrected chi connectivity index (χ0v) is 6.58. The molecule has 0 amide bonds. The van der Waals surface area contributed by atoms with Gasteiger partial charge in [-0.2, -0.15) is 0 Å². The largest absolute Gasteiger partial charge is 0.249 e. The maximum absolute atomic E-state index is 5.83. The lowest BCUT2D eigenvalue weighted by atomic mass is 10.1. The van der Waals surface area contributed by atoms with Gasteiger partial charge < -0.3 is 0 Å². The normalized spacial score (nSPS) is 27.2. The minimum absolute atomic E-state index is 0.0509. The van der Waals surface area contributed by atoms with Crippen LogP contribution in [0.25, 0.3) is 0 Å². The van der Waals surface area contributed by atoms with Gasteiger partial charge in [0.05, 0.1) is 5.38 Å². The Labute approximate surface area is 64.4 Å². The minimum atomic E-state index is 0.0509. The van der Waals surface area contributed by atoms with Crippen molar-refractivity contribution in [1.29, 1.82) is 0 Å². The molecule has 0 spiro atoms. The van der Waals surface area contributed by atoms with Gasteiger partial charge in [-0.25, -0.2) is 4.99 Å². The third-order valence-corrected chi connectivity index (χ3v) is 2.21. The topological polar surface area (TPSA) is 12.4 Å². The molecular weight excluding hydrogens is 157 g/mol. The highest BCUT2D eigenvalue weighted by Crippen LogP contribution is 2.23. The van der Waals surface area contributed by atoms with Crippen LogP contribution in [-0.4, -0.2) is 11.6 Å². The third-order valence-electron chi connectivity index (χ3n) is 1.31. The summed E-state index contributed by atoms with van der Waals surface area (Å²) >= 11 is 11.5. The molecule has 9 heavy (non-hydrogen) atoms. The Morgan fingerprint density at radius 3 is 2.89 bits per heavy atom. The second-order valence-corrected chi connectivity index (χ2v) is 2.87. The molecule has 0 fully saturated rings. The Morgan fingerprint density at radius 2 is 2.44 bits per heavy atom. The first-order valence-corrected chi connectivity index (χ1v) is 3.56. The molecule has 0 aromatic rings. The van der Waals surface area contributed by atoms with Crippen LogP contribution in [-0.2, 0) is 0 Å². The van der Waals surface area contributed by atoms with Crippen LogP contribution in [0.5, 0.6) is 0 Å². The van der Waals surface area contributed by atoms with Crippen molar-refractivity contribution in [1.82, 2.24) is 0 Å². The highest BCUT2D eigenvalue weighted by Gasteiger charge is 2.12. The smallest absolute Gasteiger partial charge is 0.129 e. The van der Waals surface area contributed by atoms with Crippen LogP contribution in [0.3, 0.4) is 0 Å². The summed E-state index contributed by atoms with van der Waals surface area (Å²) in [6.45, 7) is 1.90. The van der Waals surface area contributed by atoms with E-state index in [9.17, 15) is 0 Å². The average molecular weight is 164 g/mol. The highest BCUT2D eigenvalue weighted by atomic mass is 35.5. The maximum atomic E-state index is 5.83. The van der Waals surface area contributed by atoms with E-state index in [1.54, 1.807) is 6.21 Å². The number of nitrogens with zero attached hydrogens (tertiary/aromatic N) is 1. The van der Waals surface area contributed by atoms with Gasteiger partial charge in [-0.3, -0.25) is 0 Å². The maximum Gasteiger partial charge on any atom is 0.129 e. The number of hydrogen-bond acceptors (Lipinski definition) is 1. The van der Waals surface area contributed by atoms with Gasteiger partial charge in [0.1, 0.15) is 5.16 Å².